The number of hydrogen-bond acceptors (Lipinski definition) is 7. The minimum Gasteiger partial charge on any atom is -0.450 e. The van der Waals surface area contributed by atoms with Crippen molar-refractivity contribution in [3.63, 3.8) is 0 Å². The highest BCUT2D eigenvalue weighted by Crippen LogP contribution is 2.40. The number of carbonyl (C=O) groups is 1. The Bertz CT molecular complexity index is 886. The van der Waals surface area contributed by atoms with Crippen LogP contribution in [0.25, 0.3) is 0 Å². The summed E-state index contributed by atoms with van der Waals surface area (Å²) in [5.41, 5.74) is -1.64. The van der Waals surface area contributed by atoms with Crippen molar-refractivity contribution < 1.29 is 18.3 Å². The van der Waals surface area contributed by atoms with Crippen LogP contribution in [0.1, 0.15) is 25.5 Å². The van der Waals surface area contributed by atoms with E-state index >= 15 is 0 Å². The first-order chi connectivity index (χ1) is 12.4. The maximum absolute atomic E-state index is 14.7. The summed E-state index contributed by atoms with van der Waals surface area (Å²) in [4.78, 5) is 15.7. The Kier molecular flexibility index (Phi) is 4.69. The fraction of sp³-hybridized carbons (Fsp3) is 0.333. The molecule has 0 saturated carbocycles. The van der Waals surface area contributed by atoms with Gasteiger partial charge in [-0.25, -0.2) is 23.1 Å². The minimum atomic E-state index is -1.60. The Labute approximate surface area is 146 Å². The van der Waals surface area contributed by atoms with Crippen LogP contribution in [0.2, 0.25) is 0 Å². The fourth-order valence-electron chi connectivity index (χ4n) is 2.82. The molecule has 0 aliphatic carbocycles. The van der Waals surface area contributed by atoms with Gasteiger partial charge in [0.2, 0.25) is 0 Å². The van der Waals surface area contributed by atoms with Crippen molar-refractivity contribution in [2.24, 2.45) is 0 Å². The van der Waals surface area contributed by atoms with E-state index in [2.05, 4.69) is 25.6 Å². The minimum absolute atomic E-state index is 0.0346. The quantitative estimate of drug-likeness (QED) is 0.608. The smallest absolute Gasteiger partial charge is 0.303 e. The third-order valence-electron chi connectivity index (χ3n) is 4.01. The lowest BCUT2D eigenvalue weighted by Crippen LogP contribution is -2.44. The highest BCUT2D eigenvalue weighted by molar-refractivity contribution is 5.67. The molecular weight excluding hydrogens is 348 g/mol. The van der Waals surface area contributed by atoms with Gasteiger partial charge in [-0.05, 0) is 29.5 Å². The molecule has 0 unspecified atom stereocenters. The lowest BCUT2D eigenvalue weighted by Gasteiger charge is -2.38. The SMILES string of the molecule is CC(=O)O[C@@](Cn1cncn1)(c1ccc(F)cc1F)[C@@H](C)n1cnnn1. The number of rotatable bonds is 6. The van der Waals surface area contributed by atoms with Crippen LogP contribution < -0.4 is 0 Å². The molecule has 0 fully saturated rings. The second kappa shape index (κ2) is 6.94. The van der Waals surface area contributed by atoms with Crippen LogP contribution in [-0.2, 0) is 21.7 Å². The zero-order chi connectivity index (χ0) is 18.7. The van der Waals surface area contributed by atoms with Gasteiger partial charge in [-0.2, -0.15) is 5.10 Å². The van der Waals surface area contributed by atoms with Gasteiger partial charge < -0.3 is 4.74 Å². The molecule has 3 rings (SSSR count). The topological polar surface area (TPSA) is 101 Å². The first kappa shape index (κ1) is 17.6. The van der Waals surface area contributed by atoms with Crippen molar-refractivity contribution in [1.82, 2.24) is 35.0 Å². The van der Waals surface area contributed by atoms with Crippen LogP contribution >= 0.6 is 0 Å². The maximum Gasteiger partial charge on any atom is 0.303 e. The molecular formula is C15H15F2N7O2. The molecule has 1 aromatic carbocycles. The molecule has 2 aromatic heterocycles. The third kappa shape index (κ3) is 3.27. The summed E-state index contributed by atoms with van der Waals surface area (Å²) in [5, 5.41) is 14.9. The zero-order valence-corrected chi connectivity index (χ0v) is 14.0. The second-order valence-corrected chi connectivity index (χ2v) is 5.67. The lowest BCUT2D eigenvalue weighted by molar-refractivity contribution is -0.167. The Balaban J connectivity index is 2.20. The van der Waals surface area contributed by atoms with Crippen molar-refractivity contribution in [1.29, 1.82) is 0 Å². The Morgan fingerprint density at radius 2 is 2.15 bits per heavy atom. The maximum atomic E-state index is 14.7. The molecule has 0 aliphatic heterocycles. The molecule has 0 radical (unpaired) electrons. The highest BCUT2D eigenvalue weighted by atomic mass is 19.1. The molecule has 2 atom stereocenters. The van der Waals surface area contributed by atoms with E-state index in [0.29, 0.717) is 0 Å². The highest BCUT2D eigenvalue weighted by Gasteiger charge is 2.46. The molecule has 26 heavy (non-hydrogen) atoms. The van der Waals surface area contributed by atoms with Gasteiger partial charge >= 0.3 is 5.97 Å². The number of hydrogen-bond donors (Lipinski definition) is 0. The zero-order valence-electron chi connectivity index (χ0n) is 14.0. The predicted octanol–water partition coefficient (Wildman–Crippen LogP) is 1.26. The number of benzene rings is 1. The van der Waals surface area contributed by atoms with Crippen LogP contribution in [-0.4, -0.2) is 40.9 Å². The number of esters is 1. The summed E-state index contributed by atoms with van der Waals surface area (Å²) >= 11 is 0. The molecule has 0 saturated heterocycles. The van der Waals surface area contributed by atoms with Crippen molar-refractivity contribution in [2.75, 3.05) is 0 Å². The van der Waals surface area contributed by atoms with E-state index in [0.717, 1.165) is 12.1 Å². The number of tetrazole rings is 1. The molecule has 2 heterocycles. The van der Waals surface area contributed by atoms with Gasteiger partial charge in [0.05, 0.1) is 12.6 Å². The van der Waals surface area contributed by atoms with Crippen molar-refractivity contribution in [3.05, 3.63) is 54.4 Å². The first-order valence-corrected chi connectivity index (χ1v) is 7.62. The van der Waals surface area contributed by atoms with Gasteiger partial charge in [0.1, 0.15) is 30.6 Å². The number of nitrogens with zero attached hydrogens (tertiary/aromatic N) is 7. The van der Waals surface area contributed by atoms with Crippen LogP contribution in [0.15, 0.2) is 37.2 Å². The van der Waals surface area contributed by atoms with E-state index in [9.17, 15) is 13.6 Å². The predicted molar refractivity (Wildman–Crippen MR) is 82.4 cm³/mol. The van der Waals surface area contributed by atoms with Crippen LogP contribution in [0.5, 0.6) is 0 Å². The van der Waals surface area contributed by atoms with E-state index < -0.39 is 29.2 Å². The van der Waals surface area contributed by atoms with Crippen molar-refractivity contribution >= 4 is 5.97 Å². The van der Waals surface area contributed by atoms with E-state index in [4.69, 9.17) is 4.74 Å². The summed E-state index contributed by atoms with van der Waals surface area (Å²) < 4.78 is 36.4. The summed E-state index contributed by atoms with van der Waals surface area (Å²) in [5.74, 6) is -2.28. The number of aromatic nitrogens is 7. The van der Waals surface area contributed by atoms with Gasteiger partial charge in [0, 0.05) is 18.6 Å². The molecule has 136 valence electrons. The molecule has 11 heteroatoms. The first-order valence-electron chi connectivity index (χ1n) is 7.62. The molecule has 9 nitrogen and oxygen atoms in total. The average molecular weight is 363 g/mol. The molecule has 0 bridgehead atoms. The third-order valence-corrected chi connectivity index (χ3v) is 4.01. The van der Waals surface area contributed by atoms with Gasteiger partial charge in [-0.15, -0.1) is 5.10 Å². The van der Waals surface area contributed by atoms with Crippen LogP contribution in [0, 0.1) is 11.6 Å². The monoisotopic (exact) mass is 363 g/mol. The Morgan fingerprint density at radius 3 is 2.73 bits per heavy atom. The van der Waals surface area contributed by atoms with E-state index in [-0.39, 0.29) is 12.1 Å². The molecule has 0 spiro atoms. The normalized spacial score (nSPS) is 14.6. The summed E-state index contributed by atoms with van der Waals surface area (Å²) in [7, 11) is 0. The molecule has 0 amide bonds. The van der Waals surface area contributed by atoms with Gasteiger partial charge in [-0.3, -0.25) is 4.79 Å². The van der Waals surface area contributed by atoms with Gasteiger partial charge in [0.25, 0.3) is 0 Å². The molecule has 0 N–H and O–H groups in total. The van der Waals surface area contributed by atoms with Crippen LogP contribution in [0.4, 0.5) is 8.78 Å². The standard InChI is InChI=1S/C15H15F2N7O2/c1-10(24-9-19-21-22-24)15(26-11(2)25,6-23-8-18-7-20-23)13-4-3-12(16)5-14(13)17/h3-5,7-10H,6H2,1-2H3/t10-,15-/m1/s1. The summed E-state index contributed by atoms with van der Waals surface area (Å²) in [6, 6.07) is 2.29. The fourth-order valence-corrected chi connectivity index (χ4v) is 2.82. The molecule has 0 aliphatic rings. The van der Waals surface area contributed by atoms with Gasteiger partial charge in [-0.1, -0.05) is 0 Å². The molecule has 3 aromatic rings. The number of halogens is 2. The average Bonchev–Trinajstić information content (AvgIpc) is 3.26. The second-order valence-electron chi connectivity index (χ2n) is 5.67. The number of ether oxygens (including phenoxy) is 1. The largest absolute Gasteiger partial charge is 0.450 e. The van der Waals surface area contributed by atoms with Crippen molar-refractivity contribution in [2.45, 2.75) is 32.0 Å². The lowest BCUT2D eigenvalue weighted by atomic mass is 9.86. The Hall–Kier alpha value is -3.24. The number of carbonyl (C=O) groups excluding carboxylic acids is 1. The van der Waals surface area contributed by atoms with Gasteiger partial charge in [0.15, 0.2) is 5.60 Å². The summed E-state index contributed by atoms with van der Waals surface area (Å²) in [6.07, 6.45) is 4.00. The van der Waals surface area contributed by atoms with Crippen molar-refractivity contribution in [3.8, 4) is 0 Å². The summed E-state index contributed by atoms with van der Waals surface area (Å²) in [6.45, 7) is 2.76. The van der Waals surface area contributed by atoms with E-state index in [1.807, 2.05) is 0 Å². The Morgan fingerprint density at radius 1 is 1.35 bits per heavy atom. The van der Waals surface area contributed by atoms with E-state index in [1.165, 1.54) is 41.3 Å². The van der Waals surface area contributed by atoms with E-state index in [1.54, 1.807) is 6.92 Å². The van der Waals surface area contributed by atoms with Crippen LogP contribution in [0.3, 0.4) is 0 Å².